The standard InChI is InChI=1S/C28H31FN4O7S/c1-4-30-28(35)25(16-20-8-6-5-7-9-20)31(18-21-10-12-22(29)13-11-21)27(34)19-32(41(3,38)39)24-17-23(33(36)37)14-15-26(24)40-2/h5-15,17,25H,4,16,18-19H2,1-3H3,(H,30,35)/t25-/m0/s1. The van der Waals surface area contributed by atoms with E-state index in [2.05, 4.69) is 5.32 Å². The quantitative estimate of drug-likeness (QED) is 0.240. The fourth-order valence-electron chi connectivity index (χ4n) is 4.21. The van der Waals surface area contributed by atoms with Crippen LogP contribution in [0.25, 0.3) is 0 Å². The maximum Gasteiger partial charge on any atom is 0.271 e. The van der Waals surface area contributed by atoms with Crippen LogP contribution in [0.15, 0.2) is 72.8 Å². The maximum atomic E-state index is 14.0. The molecule has 0 heterocycles. The van der Waals surface area contributed by atoms with Crippen molar-refractivity contribution in [1.29, 1.82) is 0 Å². The zero-order valence-electron chi connectivity index (χ0n) is 22.8. The van der Waals surface area contributed by atoms with E-state index < -0.39 is 50.9 Å². The molecule has 0 bridgehead atoms. The summed E-state index contributed by atoms with van der Waals surface area (Å²) in [5, 5.41) is 14.2. The number of amides is 2. The maximum absolute atomic E-state index is 14.0. The Kier molecular flexibility index (Phi) is 10.4. The topological polar surface area (TPSA) is 139 Å². The molecule has 1 N–H and O–H groups in total. The molecule has 1 atom stereocenters. The van der Waals surface area contributed by atoms with Gasteiger partial charge in [-0.2, -0.15) is 0 Å². The van der Waals surface area contributed by atoms with Gasteiger partial charge in [0.2, 0.25) is 21.8 Å². The average molecular weight is 587 g/mol. The van der Waals surface area contributed by atoms with Gasteiger partial charge >= 0.3 is 0 Å². The molecule has 0 aliphatic heterocycles. The number of nitro benzene ring substituents is 1. The van der Waals surface area contributed by atoms with Crippen LogP contribution in [0.5, 0.6) is 5.75 Å². The third kappa shape index (κ3) is 8.24. The lowest BCUT2D eigenvalue weighted by atomic mass is 10.0. The number of rotatable bonds is 13. The average Bonchev–Trinajstić information content (AvgIpc) is 2.94. The summed E-state index contributed by atoms with van der Waals surface area (Å²) < 4.78 is 45.5. The highest BCUT2D eigenvalue weighted by molar-refractivity contribution is 7.92. The van der Waals surface area contributed by atoms with Gasteiger partial charge in [-0.1, -0.05) is 42.5 Å². The van der Waals surface area contributed by atoms with Gasteiger partial charge in [0.1, 0.15) is 29.8 Å². The summed E-state index contributed by atoms with van der Waals surface area (Å²) in [5.74, 6) is -1.73. The summed E-state index contributed by atoms with van der Waals surface area (Å²) in [6.07, 6.45) is 0.965. The lowest BCUT2D eigenvalue weighted by Gasteiger charge is -2.33. The second-order valence-corrected chi connectivity index (χ2v) is 11.0. The molecule has 2 amide bonds. The highest BCUT2D eigenvalue weighted by Crippen LogP contribution is 2.34. The molecular weight excluding hydrogens is 555 g/mol. The number of hydrogen-bond donors (Lipinski definition) is 1. The van der Waals surface area contributed by atoms with E-state index in [1.165, 1.54) is 42.3 Å². The third-order valence-corrected chi connectivity index (χ3v) is 7.34. The molecule has 13 heteroatoms. The number of carbonyl (C=O) groups is 2. The zero-order chi connectivity index (χ0) is 30.2. The van der Waals surface area contributed by atoms with E-state index in [-0.39, 0.29) is 30.9 Å². The molecule has 218 valence electrons. The SMILES string of the molecule is CCNC(=O)[C@H](Cc1ccccc1)N(Cc1ccc(F)cc1)C(=O)CN(c1cc([N+](=O)[O-])ccc1OC)S(C)(=O)=O. The number of nitrogens with one attached hydrogen (secondary N) is 1. The molecule has 3 aromatic carbocycles. The van der Waals surface area contributed by atoms with Crippen molar-refractivity contribution in [2.24, 2.45) is 0 Å². The van der Waals surface area contributed by atoms with E-state index in [1.54, 1.807) is 31.2 Å². The van der Waals surface area contributed by atoms with E-state index in [9.17, 15) is 32.5 Å². The second-order valence-electron chi connectivity index (χ2n) is 9.13. The van der Waals surface area contributed by atoms with Crippen LogP contribution in [-0.4, -0.2) is 62.6 Å². The minimum absolute atomic E-state index is 0.0107. The molecule has 11 nitrogen and oxygen atoms in total. The molecule has 0 aliphatic carbocycles. The first-order chi connectivity index (χ1) is 19.4. The van der Waals surface area contributed by atoms with E-state index in [4.69, 9.17) is 4.74 Å². The van der Waals surface area contributed by atoms with E-state index >= 15 is 0 Å². The Labute approximate surface area is 237 Å². The Bertz CT molecular complexity index is 1490. The number of hydrogen-bond acceptors (Lipinski definition) is 7. The molecule has 41 heavy (non-hydrogen) atoms. The number of non-ortho nitro benzene ring substituents is 1. The molecule has 0 saturated heterocycles. The smallest absolute Gasteiger partial charge is 0.271 e. The highest BCUT2D eigenvalue weighted by Gasteiger charge is 2.34. The summed E-state index contributed by atoms with van der Waals surface area (Å²) in [6, 6.07) is 16.7. The summed E-state index contributed by atoms with van der Waals surface area (Å²) in [5.41, 5.74) is 0.633. The first-order valence-electron chi connectivity index (χ1n) is 12.6. The van der Waals surface area contributed by atoms with Crippen LogP contribution in [0.3, 0.4) is 0 Å². The fraction of sp³-hybridized carbons (Fsp3) is 0.286. The Morgan fingerprint density at radius 1 is 1.05 bits per heavy atom. The highest BCUT2D eigenvalue weighted by atomic mass is 32.2. The van der Waals surface area contributed by atoms with Gasteiger partial charge in [0.05, 0.1) is 18.3 Å². The fourth-order valence-corrected chi connectivity index (χ4v) is 5.06. The molecule has 3 rings (SSSR count). The zero-order valence-corrected chi connectivity index (χ0v) is 23.6. The Balaban J connectivity index is 2.10. The van der Waals surface area contributed by atoms with Crippen LogP contribution < -0.4 is 14.4 Å². The van der Waals surface area contributed by atoms with Gasteiger partial charge in [-0.3, -0.25) is 24.0 Å². The number of nitro groups is 1. The molecule has 0 unspecified atom stereocenters. The van der Waals surface area contributed by atoms with Crippen LogP contribution in [0, 0.1) is 15.9 Å². The first-order valence-corrected chi connectivity index (χ1v) is 14.4. The van der Waals surface area contributed by atoms with Crippen molar-refractivity contribution in [2.75, 3.05) is 30.8 Å². The number of sulfonamides is 1. The van der Waals surface area contributed by atoms with Gasteiger partial charge in [0.25, 0.3) is 5.69 Å². The number of likely N-dealkylation sites (N-methyl/N-ethyl adjacent to an activating group) is 1. The van der Waals surface area contributed by atoms with Crippen molar-refractivity contribution >= 4 is 33.2 Å². The van der Waals surface area contributed by atoms with Gasteiger partial charge in [0.15, 0.2) is 0 Å². The lowest BCUT2D eigenvalue weighted by molar-refractivity contribution is -0.384. The summed E-state index contributed by atoms with van der Waals surface area (Å²) in [7, 11) is -2.92. The van der Waals surface area contributed by atoms with Crippen molar-refractivity contribution in [3.8, 4) is 5.75 Å². The van der Waals surface area contributed by atoms with Gasteiger partial charge in [-0.25, -0.2) is 12.8 Å². The number of ether oxygens (including phenoxy) is 1. The number of nitrogens with zero attached hydrogens (tertiary/aromatic N) is 3. The van der Waals surface area contributed by atoms with E-state index in [0.29, 0.717) is 9.87 Å². The molecule has 0 aliphatic rings. The normalized spacial score (nSPS) is 11.8. The number of benzene rings is 3. The molecule has 3 aromatic rings. The Morgan fingerprint density at radius 2 is 1.71 bits per heavy atom. The monoisotopic (exact) mass is 586 g/mol. The van der Waals surface area contributed by atoms with Crippen LogP contribution in [0.2, 0.25) is 0 Å². The third-order valence-electron chi connectivity index (χ3n) is 6.21. The lowest BCUT2D eigenvalue weighted by Crippen LogP contribution is -2.53. The summed E-state index contributed by atoms with van der Waals surface area (Å²) in [6.45, 7) is 1.08. The van der Waals surface area contributed by atoms with Crippen molar-refractivity contribution in [3.63, 3.8) is 0 Å². The molecule has 0 fully saturated rings. The molecule has 0 spiro atoms. The Morgan fingerprint density at radius 3 is 2.27 bits per heavy atom. The van der Waals surface area contributed by atoms with E-state index in [1.807, 2.05) is 6.07 Å². The van der Waals surface area contributed by atoms with Gasteiger partial charge < -0.3 is 15.0 Å². The van der Waals surface area contributed by atoms with Gasteiger partial charge in [-0.05, 0) is 36.2 Å². The predicted molar refractivity (Wildman–Crippen MR) is 151 cm³/mol. The minimum atomic E-state index is -4.18. The Hall–Kier alpha value is -4.52. The summed E-state index contributed by atoms with van der Waals surface area (Å²) in [4.78, 5) is 39.3. The van der Waals surface area contributed by atoms with Crippen molar-refractivity contribution in [2.45, 2.75) is 25.9 Å². The van der Waals surface area contributed by atoms with Crippen LogP contribution in [0.4, 0.5) is 15.8 Å². The number of anilines is 1. The molecular formula is C28H31FN4O7S. The second kappa shape index (κ2) is 13.7. The largest absolute Gasteiger partial charge is 0.495 e. The van der Waals surface area contributed by atoms with Crippen LogP contribution >= 0.6 is 0 Å². The van der Waals surface area contributed by atoms with Gasteiger partial charge in [0, 0.05) is 31.6 Å². The number of methoxy groups -OCH3 is 1. The first kappa shape index (κ1) is 31.0. The molecule has 0 saturated carbocycles. The molecule has 0 aromatic heterocycles. The minimum Gasteiger partial charge on any atom is -0.495 e. The van der Waals surface area contributed by atoms with Crippen LogP contribution in [0.1, 0.15) is 18.1 Å². The van der Waals surface area contributed by atoms with E-state index in [0.717, 1.165) is 24.0 Å². The van der Waals surface area contributed by atoms with Crippen molar-refractivity contribution < 1.29 is 32.1 Å². The predicted octanol–water partition coefficient (Wildman–Crippen LogP) is 3.28. The van der Waals surface area contributed by atoms with Crippen molar-refractivity contribution in [1.82, 2.24) is 10.2 Å². The summed E-state index contributed by atoms with van der Waals surface area (Å²) >= 11 is 0. The molecule has 0 radical (unpaired) electrons. The van der Waals surface area contributed by atoms with Gasteiger partial charge in [-0.15, -0.1) is 0 Å². The number of halogens is 1. The van der Waals surface area contributed by atoms with Crippen LogP contribution in [-0.2, 0) is 32.6 Å². The number of carbonyl (C=O) groups excluding carboxylic acids is 2. The van der Waals surface area contributed by atoms with Crippen molar-refractivity contribution in [3.05, 3.63) is 99.9 Å².